The van der Waals surface area contributed by atoms with Gasteiger partial charge in [-0.3, -0.25) is 0 Å². The van der Waals surface area contributed by atoms with Gasteiger partial charge in [-0.05, 0) is 13.8 Å². The van der Waals surface area contributed by atoms with E-state index in [-0.39, 0.29) is 12.4 Å². The van der Waals surface area contributed by atoms with E-state index in [0.29, 0.717) is 6.54 Å². The maximum absolute atomic E-state index is 8.26. The molecule has 0 saturated heterocycles. The summed E-state index contributed by atoms with van der Waals surface area (Å²) in [5.41, 5.74) is 4.88. The molecular formula is C5H13NO2. The van der Waals surface area contributed by atoms with Crippen molar-refractivity contribution in [3.8, 4) is 0 Å². The van der Waals surface area contributed by atoms with Gasteiger partial charge in [-0.1, -0.05) is 0 Å². The van der Waals surface area contributed by atoms with Crippen LogP contribution in [-0.2, 0) is 4.74 Å². The van der Waals surface area contributed by atoms with Crippen LogP contribution in [0.15, 0.2) is 0 Å². The van der Waals surface area contributed by atoms with E-state index < -0.39 is 0 Å². The van der Waals surface area contributed by atoms with E-state index in [0.717, 1.165) is 0 Å². The molecule has 0 heterocycles. The Morgan fingerprint density at radius 2 is 2.12 bits per heavy atom. The smallest absolute Gasteiger partial charge is 0.144 e. The molecule has 8 heavy (non-hydrogen) atoms. The van der Waals surface area contributed by atoms with Crippen LogP contribution >= 0.6 is 0 Å². The standard InChI is InChI=1S/C5H13NO2/c1-5(2,3-6)8-4-7/h7H,3-4,6H2,1-2H3. The number of rotatable bonds is 3. The highest BCUT2D eigenvalue weighted by atomic mass is 16.6. The van der Waals surface area contributed by atoms with Crippen LogP contribution in [0.2, 0.25) is 0 Å². The highest BCUT2D eigenvalue weighted by molar-refractivity contribution is 4.67. The Balaban J connectivity index is 3.37. The number of hydrogen-bond acceptors (Lipinski definition) is 3. The van der Waals surface area contributed by atoms with Crippen molar-refractivity contribution >= 4 is 0 Å². The summed E-state index contributed by atoms with van der Waals surface area (Å²) in [5.74, 6) is 0. The van der Waals surface area contributed by atoms with Crippen molar-refractivity contribution in [3.63, 3.8) is 0 Å². The molecule has 0 aromatic carbocycles. The summed E-state index contributed by atoms with van der Waals surface area (Å²) in [7, 11) is 0. The molecular weight excluding hydrogens is 106 g/mol. The van der Waals surface area contributed by atoms with Gasteiger partial charge in [-0.25, -0.2) is 0 Å². The zero-order valence-electron chi connectivity index (χ0n) is 5.35. The van der Waals surface area contributed by atoms with E-state index in [1.165, 1.54) is 0 Å². The van der Waals surface area contributed by atoms with E-state index >= 15 is 0 Å². The minimum Gasteiger partial charge on any atom is -0.371 e. The Bertz CT molecular complexity index is 63.4. The summed E-state index contributed by atoms with van der Waals surface area (Å²) in [6, 6.07) is 0. The molecule has 0 rings (SSSR count). The molecule has 0 aliphatic rings. The third-order valence-electron chi connectivity index (χ3n) is 0.947. The van der Waals surface area contributed by atoms with Crippen LogP contribution in [0.5, 0.6) is 0 Å². The number of hydrogen-bond donors (Lipinski definition) is 2. The second-order valence-corrected chi connectivity index (χ2v) is 2.24. The molecule has 0 amide bonds. The van der Waals surface area contributed by atoms with Crippen LogP contribution < -0.4 is 5.73 Å². The van der Waals surface area contributed by atoms with Crippen molar-refractivity contribution in [3.05, 3.63) is 0 Å². The Morgan fingerprint density at radius 1 is 1.62 bits per heavy atom. The van der Waals surface area contributed by atoms with Crippen molar-refractivity contribution in [2.45, 2.75) is 19.4 Å². The second-order valence-electron chi connectivity index (χ2n) is 2.24. The number of nitrogens with two attached hydrogens (primary N) is 1. The third kappa shape index (κ3) is 2.96. The molecule has 3 nitrogen and oxygen atoms in total. The monoisotopic (exact) mass is 119 g/mol. The van der Waals surface area contributed by atoms with Crippen molar-refractivity contribution in [1.82, 2.24) is 0 Å². The topological polar surface area (TPSA) is 55.5 Å². The normalized spacial score (nSPS) is 12.0. The number of aliphatic hydroxyl groups excluding tert-OH is 1. The summed E-state index contributed by atoms with van der Waals surface area (Å²) in [6.07, 6.45) is 0. The van der Waals surface area contributed by atoms with E-state index in [4.69, 9.17) is 15.6 Å². The van der Waals surface area contributed by atoms with Gasteiger partial charge in [0.15, 0.2) is 0 Å². The fourth-order valence-corrected chi connectivity index (χ4v) is 0.234. The molecule has 50 valence electrons. The van der Waals surface area contributed by atoms with Gasteiger partial charge in [-0.2, -0.15) is 0 Å². The third-order valence-corrected chi connectivity index (χ3v) is 0.947. The first-order valence-electron chi connectivity index (χ1n) is 2.57. The molecule has 0 radical (unpaired) electrons. The molecule has 0 atom stereocenters. The zero-order valence-corrected chi connectivity index (χ0v) is 5.35. The van der Waals surface area contributed by atoms with E-state index in [1.54, 1.807) is 0 Å². The first-order chi connectivity index (χ1) is 3.62. The highest BCUT2D eigenvalue weighted by Crippen LogP contribution is 2.03. The molecule has 0 bridgehead atoms. The lowest BCUT2D eigenvalue weighted by Crippen LogP contribution is -2.34. The van der Waals surface area contributed by atoms with E-state index in [1.807, 2.05) is 13.8 Å². The minimum atomic E-state index is -0.380. The van der Waals surface area contributed by atoms with Crippen LogP contribution in [0.1, 0.15) is 13.8 Å². The summed E-state index contributed by atoms with van der Waals surface area (Å²) in [5, 5.41) is 8.26. The average molecular weight is 119 g/mol. The Hall–Kier alpha value is -0.120. The zero-order chi connectivity index (χ0) is 6.62. The molecule has 0 aliphatic heterocycles. The molecule has 0 aromatic rings. The Morgan fingerprint density at radius 3 is 2.25 bits per heavy atom. The maximum atomic E-state index is 8.26. The lowest BCUT2D eigenvalue weighted by atomic mass is 10.1. The number of aliphatic hydroxyl groups is 1. The summed E-state index contributed by atoms with van der Waals surface area (Å²) < 4.78 is 4.81. The lowest BCUT2D eigenvalue weighted by Gasteiger charge is -2.20. The quantitative estimate of drug-likeness (QED) is 0.501. The molecule has 3 heteroatoms. The van der Waals surface area contributed by atoms with Crippen LogP contribution in [0.4, 0.5) is 0 Å². The molecule has 0 spiro atoms. The lowest BCUT2D eigenvalue weighted by molar-refractivity contribution is -0.0923. The fraction of sp³-hybridized carbons (Fsp3) is 1.00. The molecule has 0 aliphatic carbocycles. The average Bonchev–Trinajstić information content (AvgIpc) is 1.67. The van der Waals surface area contributed by atoms with Crippen molar-refractivity contribution in [1.29, 1.82) is 0 Å². The van der Waals surface area contributed by atoms with Gasteiger partial charge in [-0.15, -0.1) is 0 Å². The maximum Gasteiger partial charge on any atom is 0.144 e. The summed E-state index contributed by atoms with van der Waals surface area (Å²) >= 11 is 0. The van der Waals surface area contributed by atoms with Crippen LogP contribution in [-0.4, -0.2) is 24.0 Å². The molecule has 0 aromatic heterocycles. The van der Waals surface area contributed by atoms with Gasteiger partial charge in [0, 0.05) is 6.54 Å². The van der Waals surface area contributed by atoms with Crippen molar-refractivity contribution < 1.29 is 9.84 Å². The first kappa shape index (κ1) is 7.88. The van der Waals surface area contributed by atoms with Crippen molar-refractivity contribution in [2.24, 2.45) is 5.73 Å². The summed E-state index contributed by atoms with van der Waals surface area (Å²) in [4.78, 5) is 0. The van der Waals surface area contributed by atoms with Crippen LogP contribution in [0.3, 0.4) is 0 Å². The van der Waals surface area contributed by atoms with Gasteiger partial charge in [0.2, 0.25) is 0 Å². The SMILES string of the molecule is CC(C)(CN)OCO. The van der Waals surface area contributed by atoms with Crippen LogP contribution in [0, 0.1) is 0 Å². The van der Waals surface area contributed by atoms with Crippen molar-refractivity contribution in [2.75, 3.05) is 13.3 Å². The Kier molecular flexibility index (Phi) is 2.97. The summed E-state index contributed by atoms with van der Waals surface area (Å²) in [6.45, 7) is 3.81. The van der Waals surface area contributed by atoms with Crippen LogP contribution in [0.25, 0.3) is 0 Å². The molecule has 3 N–H and O–H groups in total. The predicted octanol–water partition coefficient (Wildman–Crippen LogP) is -0.310. The minimum absolute atomic E-state index is 0.260. The second kappa shape index (κ2) is 3.02. The highest BCUT2D eigenvalue weighted by Gasteiger charge is 2.13. The first-order valence-corrected chi connectivity index (χ1v) is 2.57. The molecule has 0 unspecified atom stereocenters. The molecule has 0 saturated carbocycles. The fourth-order valence-electron chi connectivity index (χ4n) is 0.234. The van der Waals surface area contributed by atoms with E-state index in [2.05, 4.69) is 0 Å². The Labute approximate surface area is 49.4 Å². The largest absolute Gasteiger partial charge is 0.371 e. The van der Waals surface area contributed by atoms with Gasteiger partial charge in [0.1, 0.15) is 6.79 Å². The van der Waals surface area contributed by atoms with Gasteiger partial charge < -0.3 is 15.6 Å². The van der Waals surface area contributed by atoms with Gasteiger partial charge in [0.25, 0.3) is 0 Å². The van der Waals surface area contributed by atoms with Gasteiger partial charge in [0.05, 0.1) is 5.60 Å². The predicted molar refractivity (Wildman–Crippen MR) is 31.3 cm³/mol. The molecule has 0 fully saturated rings. The van der Waals surface area contributed by atoms with Gasteiger partial charge >= 0.3 is 0 Å². The number of ether oxygens (including phenoxy) is 1. The van der Waals surface area contributed by atoms with E-state index in [9.17, 15) is 0 Å².